The number of benzene rings is 2. The molecule has 2 aliphatic rings. The molecule has 0 radical (unpaired) electrons. The zero-order valence-electron chi connectivity index (χ0n) is 18.0. The van der Waals surface area contributed by atoms with Crippen molar-refractivity contribution in [2.75, 3.05) is 11.5 Å². The summed E-state index contributed by atoms with van der Waals surface area (Å²) in [6, 6.07) is 21.2. The first-order chi connectivity index (χ1) is 15.7. The maximum absolute atomic E-state index is 13.5. The highest BCUT2D eigenvalue weighted by Gasteiger charge is 2.43. The standard InChI is InChI=1S/C27H25NO4/c1-2-31-25-12-7-6-11-21(25)28-22-15-19(18-9-4-3-5-10-18)16-23(29)27(22)20(17-26(28)30)24-13-8-14-32-24/h3-14,19-20H,2,15-17H2,1H3. The number of para-hydroxylation sites is 2. The molecule has 2 heterocycles. The average Bonchev–Trinajstić information content (AvgIpc) is 3.35. The van der Waals surface area contributed by atoms with Gasteiger partial charge in [0.15, 0.2) is 5.78 Å². The van der Waals surface area contributed by atoms with E-state index in [9.17, 15) is 9.59 Å². The lowest BCUT2D eigenvalue weighted by Crippen LogP contribution is -2.42. The van der Waals surface area contributed by atoms with Gasteiger partial charge in [0.05, 0.1) is 24.5 Å². The van der Waals surface area contributed by atoms with E-state index >= 15 is 0 Å². The number of rotatable bonds is 5. The van der Waals surface area contributed by atoms with Gasteiger partial charge in [-0.25, -0.2) is 0 Å². The highest BCUT2D eigenvalue weighted by atomic mass is 16.5. The predicted octanol–water partition coefficient (Wildman–Crippen LogP) is 5.60. The van der Waals surface area contributed by atoms with Gasteiger partial charge in [0.2, 0.25) is 5.91 Å². The number of hydrogen-bond acceptors (Lipinski definition) is 4. The normalized spacial score (nSPS) is 21.0. The molecule has 162 valence electrons. The van der Waals surface area contributed by atoms with Crippen molar-refractivity contribution in [1.29, 1.82) is 0 Å². The van der Waals surface area contributed by atoms with Crippen LogP contribution in [0.25, 0.3) is 0 Å². The first kappa shape index (κ1) is 20.3. The molecule has 1 aliphatic heterocycles. The summed E-state index contributed by atoms with van der Waals surface area (Å²) in [5.74, 6) is 0.988. The first-order valence-corrected chi connectivity index (χ1v) is 11.1. The summed E-state index contributed by atoms with van der Waals surface area (Å²) in [5, 5.41) is 0. The monoisotopic (exact) mass is 427 g/mol. The van der Waals surface area contributed by atoms with E-state index in [2.05, 4.69) is 12.1 Å². The van der Waals surface area contributed by atoms with Gasteiger partial charge >= 0.3 is 0 Å². The Balaban J connectivity index is 1.66. The number of anilines is 1. The summed E-state index contributed by atoms with van der Waals surface area (Å²) < 4.78 is 11.5. The van der Waals surface area contributed by atoms with E-state index in [4.69, 9.17) is 9.15 Å². The van der Waals surface area contributed by atoms with E-state index in [1.807, 2.05) is 55.5 Å². The Morgan fingerprint density at radius 1 is 0.938 bits per heavy atom. The molecule has 3 aromatic rings. The third-order valence-electron chi connectivity index (χ3n) is 6.29. The predicted molar refractivity (Wildman–Crippen MR) is 122 cm³/mol. The minimum atomic E-state index is -0.354. The molecule has 0 saturated carbocycles. The lowest BCUT2D eigenvalue weighted by atomic mass is 9.74. The van der Waals surface area contributed by atoms with Gasteiger partial charge in [-0.1, -0.05) is 42.5 Å². The van der Waals surface area contributed by atoms with Gasteiger partial charge in [0, 0.05) is 24.1 Å². The van der Waals surface area contributed by atoms with Gasteiger partial charge in [0.25, 0.3) is 0 Å². The van der Waals surface area contributed by atoms with Crippen LogP contribution in [0.15, 0.2) is 88.7 Å². The number of ketones is 1. The molecule has 1 aliphatic carbocycles. The molecular formula is C27H25NO4. The molecular weight excluding hydrogens is 402 g/mol. The summed E-state index contributed by atoms with van der Waals surface area (Å²) in [6.07, 6.45) is 2.81. The number of amides is 1. The summed E-state index contributed by atoms with van der Waals surface area (Å²) in [4.78, 5) is 28.8. The van der Waals surface area contributed by atoms with Gasteiger partial charge in [-0.15, -0.1) is 0 Å². The van der Waals surface area contributed by atoms with Gasteiger partial charge < -0.3 is 9.15 Å². The van der Waals surface area contributed by atoms with Crippen molar-refractivity contribution in [3.63, 3.8) is 0 Å². The number of ether oxygens (including phenoxy) is 1. The molecule has 0 saturated heterocycles. The van der Waals surface area contributed by atoms with Crippen LogP contribution in [0, 0.1) is 0 Å². The van der Waals surface area contributed by atoms with E-state index in [0.29, 0.717) is 42.2 Å². The molecule has 0 fully saturated rings. The van der Waals surface area contributed by atoms with Crippen LogP contribution in [0.5, 0.6) is 5.75 Å². The van der Waals surface area contributed by atoms with Gasteiger partial charge in [-0.05, 0) is 49.1 Å². The molecule has 2 aromatic carbocycles. The second-order valence-electron chi connectivity index (χ2n) is 8.20. The van der Waals surface area contributed by atoms with Crippen molar-refractivity contribution in [2.45, 2.75) is 38.0 Å². The van der Waals surface area contributed by atoms with Crippen LogP contribution >= 0.6 is 0 Å². The Bertz CT molecular complexity index is 1160. The summed E-state index contributed by atoms with van der Waals surface area (Å²) >= 11 is 0. The van der Waals surface area contributed by atoms with Crippen LogP contribution in [-0.2, 0) is 9.59 Å². The molecule has 2 unspecified atom stereocenters. The zero-order chi connectivity index (χ0) is 22.1. The minimum Gasteiger partial charge on any atom is -0.492 e. The fraction of sp³-hybridized carbons (Fsp3) is 0.259. The second-order valence-corrected chi connectivity index (χ2v) is 8.20. The second kappa shape index (κ2) is 8.50. The average molecular weight is 428 g/mol. The van der Waals surface area contributed by atoms with E-state index in [-0.39, 0.29) is 29.9 Å². The van der Waals surface area contributed by atoms with E-state index in [0.717, 1.165) is 11.3 Å². The first-order valence-electron chi connectivity index (χ1n) is 11.1. The van der Waals surface area contributed by atoms with E-state index < -0.39 is 0 Å². The van der Waals surface area contributed by atoms with Crippen molar-refractivity contribution in [1.82, 2.24) is 0 Å². The number of Topliss-reactive ketones (excluding diaryl/α,β-unsaturated/α-hetero) is 1. The fourth-order valence-electron chi connectivity index (χ4n) is 4.93. The van der Waals surface area contributed by atoms with Gasteiger partial charge in [-0.2, -0.15) is 0 Å². The molecule has 0 N–H and O–H groups in total. The van der Waals surface area contributed by atoms with Crippen LogP contribution in [0.4, 0.5) is 5.69 Å². The van der Waals surface area contributed by atoms with Gasteiger partial charge in [0.1, 0.15) is 11.5 Å². The maximum Gasteiger partial charge on any atom is 0.232 e. The molecule has 5 rings (SSSR count). The number of nitrogens with zero attached hydrogens (tertiary/aromatic N) is 1. The summed E-state index contributed by atoms with van der Waals surface area (Å²) in [7, 11) is 0. The van der Waals surface area contributed by atoms with Crippen molar-refractivity contribution in [3.05, 3.63) is 95.6 Å². The number of carbonyl (C=O) groups excluding carboxylic acids is 2. The van der Waals surface area contributed by atoms with Crippen molar-refractivity contribution >= 4 is 17.4 Å². The molecule has 0 spiro atoms. The summed E-state index contributed by atoms with van der Waals surface area (Å²) in [5.41, 5.74) is 3.25. The van der Waals surface area contributed by atoms with Crippen LogP contribution in [0.1, 0.15) is 49.3 Å². The quantitative estimate of drug-likeness (QED) is 0.532. The Hall–Kier alpha value is -3.60. The van der Waals surface area contributed by atoms with E-state index in [1.165, 1.54) is 0 Å². The number of hydrogen-bond donors (Lipinski definition) is 0. The Labute approximate surface area is 187 Å². The van der Waals surface area contributed by atoms with Crippen molar-refractivity contribution in [3.8, 4) is 5.75 Å². The summed E-state index contributed by atoms with van der Waals surface area (Å²) in [6.45, 7) is 2.41. The van der Waals surface area contributed by atoms with Crippen molar-refractivity contribution < 1.29 is 18.7 Å². The molecule has 1 amide bonds. The highest BCUT2D eigenvalue weighted by Crippen LogP contribution is 2.48. The fourth-order valence-corrected chi connectivity index (χ4v) is 4.93. The third-order valence-corrected chi connectivity index (χ3v) is 6.29. The molecule has 5 nitrogen and oxygen atoms in total. The molecule has 32 heavy (non-hydrogen) atoms. The zero-order valence-corrected chi connectivity index (χ0v) is 18.0. The third kappa shape index (κ3) is 3.54. The molecule has 0 bridgehead atoms. The largest absolute Gasteiger partial charge is 0.492 e. The lowest BCUT2D eigenvalue weighted by molar-refractivity contribution is -0.120. The number of furan rings is 1. The Kier molecular flexibility index (Phi) is 5.39. The molecule has 1 aromatic heterocycles. The topological polar surface area (TPSA) is 59.8 Å². The van der Waals surface area contributed by atoms with E-state index in [1.54, 1.807) is 17.2 Å². The molecule has 5 heteroatoms. The SMILES string of the molecule is CCOc1ccccc1N1C(=O)CC(c2ccco2)C2=C1CC(c1ccccc1)CC2=O. The smallest absolute Gasteiger partial charge is 0.232 e. The van der Waals surface area contributed by atoms with Crippen LogP contribution in [0.3, 0.4) is 0 Å². The maximum atomic E-state index is 13.5. The number of carbonyl (C=O) groups is 2. The number of allylic oxidation sites excluding steroid dienone is 2. The Morgan fingerprint density at radius 3 is 2.47 bits per heavy atom. The van der Waals surface area contributed by atoms with Gasteiger partial charge in [-0.3, -0.25) is 14.5 Å². The highest BCUT2D eigenvalue weighted by molar-refractivity contribution is 6.08. The molecule has 2 atom stereocenters. The minimum absolute atomic E-state index is 0.0207. The Morgan fingerprint density at radius 2 is 1.72 bits per heavy atom. The lowest BCUT2D eigenvalue weighted by Gasteiger charge is -2.40. The van der Waals surface area contributed by atoms with Crippen molar-refractivity contribution in [2.24, 2.45) is 0 Å². The van der Waals surface area contributed by atoms with Crippen LogP contribution in [-0.4, -0.2) is 18.3 Å². The van der Waals surface area contributed by atoms with Crippen LogP contribution in [0.2, 0.25) is 0 Å². The van der Waals surface area contributed by atoms with Crippen LogP contribution < -0.4 is 9.64 Å².